The van der Waals surface area contributed by atoms with E-state index in [1.807, 2.05) is 0 Å². The molecule has 2 nitrogen and oxygen atoms in total. The van der Waals surface area contributed by atoms with Crippen molar-refractivity contribution in [2.24, 2.45) is 0 Å². The van der Waals surface area contributed by atoms with Gasteiger partial charge < -0.3 is 4.90 Å². The Hall–Kier alpha value is -1.70. The zero-order valence-corrected chi connectivity index (χ0v) is 11.4. The standard InChI is InChI=1S/C15H17F3N2/c1-20(11-15(16,17)18)13-6-4-12(5-7-13)14(10-19)8-2-3-9-14/h4-7H,2-3,8-9,11H2,1H3. The highest BCUT2D eigenvalue weighted by atomic mass is 19.4. The van der Waals surface area contributed by atoms with E-state index in [2.05, 4.69) is 6.07 Å². The van der Waals surface area contributed by atoms with Crippen LogP contribution < -0.4 is 4.90 Å². The number of alkyl halides is 3. The highest BCUT2D eigenvalue weighted by Gasteiger charge is 2.36. The minimum Gasteiger partial charge on any atom is -0.366 e. The molecule has 1 aliphatic carbocycles. The Kier molecular flexibility index (Phi) is 3.94. The average Bonchev–Trinajstić information content (AvgIpc) is 2.87. The second-order valence-electron chi connectivity index (χ2n) is 5.42. The molecule has 1 saturated carbocycles. The lowest BCUT2D eigenvalue weighted by Gasteiger charge is -2.24. The quantitative estimate of drug-likeness (QED) is 0.837. The summed E-state index contributed by atoms with van der Waals surface area (Å²) in [6.45, 7) is -0.976. The first-order valence-corrected chi connectivity index (χ1v) is 6.66. The van der Waals surface area contributed by atoms with E-state index in [1.54, 1.807) is 24.3 Å². The van der Waals surface area contributed by atoms with E-state index < -0.39 is 18.1 Å². The maximum Gasteiger partial charge on any atom is 0.405 e. The van der Waals surface area contributed by atoms with Crippen molar-refractivity contribution in [3.63, 3.8) is 0 Å². The van der Waals surface area contributed by atoms with Crippen LogP contribution in [0.5, 0.6) is 0 Å². The minimum atomic E-state index is -4.22. The van der Waals surface area contributed by atoms with Gasteiger partial charge in [-0.05, 0) is 30.5 Å². The number of benzene rings is 1. The molecule has 0 spiro atoms. The molecule has 1 fully saturated rings. The molecular formula is C15H17F3N2. The van der Waals surface area contributed by atoms with Gasteiger partial charge in [0.05, 0.1) is 11.5 Å². The van der Waals surface area contributed by atoms with E-state index >= 15 is 0 Å². The molecule has 0 aromatic heterocycles. The van der Waals surface area contributed by atoms with Crippen molar-refractivity contribution >= 4 is 5.69 Å². The van der Waals surface area contributed by atoms with E-state index in [4.69, 9.17) is 0 Å². The Balaban J connectivity index is 2.16. The topological polar surface area (TPSA) is 27.0 Å². The molecule has 0 heterocycles. The van der Waals surface area contributed by atoms with Gasteiger partial charge in [0, 0.05) is 12.7 Å². The predicted molar refractivity (Wildman–Crippen MR) is 71.5 cm³/mol. The molecule has 0 radical (unpaired) electrons. The first kappa shape index (κ1) is 14.7. The highest BCUT2D eigenvalue weighted by Crippen LogP contribution is 2.40. The zero-order chi connectivity index (χ0) is 14.8. The maximum absolute atomic E-state index is 12.3. The van der Waals surface area contributed by atoms with E-state index in [0.29, 0.717) is 5.69 Å². The third-order valence-corrected chi connectivity index (χ3v) is 3.95. The molecule has 0 N–H and O–H groups in total. The summed E-state index contributed by atoms with van der Waals surface area (Å²) in [4.78, 5) is 1.16. The number of hydrogen-bond acceptors (Lipinski definition) is 2. The van der Waals surface area contributed by atoms with Crippen molar-refractivity contribution in [1.82, 2.24) is 0 Å². The van der Waals surface area contributed by atoms with Gasteiger partial charge in [0.15, 0.2) is 0 Å². The van der Waals surface area contributed by atoms with Crippen LogP contribution in [-0.4, -0.2) is 19.8 Å². The minimum absolute atomic E-state index is 0.443. The molecule has 0 aliphatic heterocycles. The molecule has 2 rings (SSSR count). The molecule has 0 bridgehead atoms. The second-order valence-corrected chi connectivity index (χ2v) is 5.42. The van der Waals surface area contributed by atoms with Crippen LogP contribution in [0.4, 0.5) is 18.9 Å². The van der Waals surface area contributed by atoms with Gasteiger partial charge in [-0.25, -0.2) is 0 Å². The van der Waals surface area contributed by atoms with E-state index in [-0.39, 0.29) is 0 Å². The number of rotatable bonds is 3. The van der Waals surface area contributed by atoms with Crippen LogP contribution >= 0.6 is 0 Å². The summed E-state index contributed by atoms with van der Waals surface area (Å²) in [7, 11) is 1.41. The number of anilines is 1. The number of nitriles is 1. The van der Waals surface area contributed by atoms with Crippen molar-refractivity contribution in [3.05, 3.63) is 29.8 Å². The smallest absolute Gasteiger partial charge is 0.366 e. The molecule has 0 saturated heterocycles. The van der Waals surface area contributed by atoms with Crippen LogP contribution in [0.3, 0.4) is 0 Å². The van der Waals surface area contributed by atoms with Gasteiger partial charge in [0.2, 0.25) is 0 Å². The fourth-order valence-corrected chi connectivity index (χ4v) is 2.84. The molecule has 1 aliphatic rings. The maximum atomic E-state index is 12.3. The van der Waals surface area contributed by atoms with Crippen molar-refractivity contribution < 1.29 is 13.2 Å². The largest absolute Gasteiger partial charge is 0.405 e. The molecule has 1 aromatic carbocycles. The van der Waals surface area contributed by atoms with Crippen molar-refractivity contribution in [3.8, 4) is 6.07 Å². The average molecular weight is 282 g/mol. The predicted octanol–water partition coefficient (Wildman–Crippen LogP) is 4.02. The Morgan fingerprint density at radius 2 is 1.75 bits per heavy atom. The lowest BCUT2D eigenvalue weighted by atomic mass is 9.80. The van der Waals surface area contributed by atoms with Crippen LogP contribution in [0.2, 0.25) is 0 Å². The van der Waals surface area contributed by atoms with E-state index in [1.165, 1.54) is 7.05 Å². The third kappa shape index (κ3) is 3.06. The monoisotopic (exact) mass is 282 g/mol. The summed E-state index contributed by atoms with van der Waals surface area (Å²) in [6.07, 6.45) is -0.484. The van der Waals surface area contributed by atoms with E-state index in [9.17, 15) is 18.4 Å². The van der Waals surface area contributed by atoms with Crippen LogP contribution in [0.1, 0.15) is 31.2 Å². The fraction of sp³-hybridized carbons (Fsp3) is 0.533. The highest BCUT2D eigenvalue weighted by molar-refractivity contribution is 5.49. The Labute approximate surface area is 116 Å². The normalized spacial score (nSPS) is 17.8. The molecular weight excluding hydrogens is 265 g/mol. The second kappa shape index (κ2) is 5.35. The van der Waals surface area contributed by atoms with Crippen molar-refractivity contribution in [2.45, 2.75) is 37.3 Å². The lowest BCUT2D eigenvalue weighted by Crippen LogP contribution is -2.30. The third-order valence-electron chi connectivity index (χ3n) is 3.95. The molecule has 1 aromatic rings. The number of halogens is 3. The molecule has 108 valence electrons. The van der Waals surface area contributed by atoms with Gasteiger partial charge >= 0.3 is 6.18 Å². The molecule has 5 heteroatoms. The zero-order valence-electron chi connectivity index (χ0n) is 11.4. The fourth-order valence-electron chi connectivity index (χ4n) is 2.84. The molecule has 0 atom stereocenters. The summed E-state index contributed by atoms with van der Waals surface area (Å²) in [5.41, 5.74) is 0.986. The first-order chi connectivity index (χ1) is 9.36. The van der Waals surface area contributed by atoms with Crippen LogP contribution in [-0.2, 0) is 5.41 Å². The van der Waals surface area contributed by atoms with Crippen LogP contribution in [0.15, 0.2) is 24.3 Å². The Bertz CT molecular complexity index is 493. The molecule has 0 unspecified atom stereocenters. The first-order valence-electron chi connectivity index (χ1n) is 6.66. The molecule has 20 heavy (non-hydrogen) atoms. The van der Waals surface area contributed by atoms with Gasteiger partial charge in [-0.1, -0.05) is 25.0 Å². The molecule has 0 amide bonds. The van der Waals surface area contributed by atoms with Crippen LogP contribution in [0, 0.1) is 11.3 Å². The van der Waals surface area contributed by atoms with Gasteiger partial charge in [0.1, 0.15) is 6.54 Å². The van der Waals surface area contributed by atoms with Crippen molar-refractivity contribution in [1.29, 1.82) is 5.26 Å². The number of nitrogens with zero attached hydrogens (tertiary/aromatic N) is 2. The summed E-state index contributed by atoms with van der Waals surface area (Å²) in [5.74, 6) is 0. The van der Waals surface area contributed by atoms with Gasteiger partial charge in [0.25, 0.3) is 0 Å². The van der Waals surface area contributed by atoms with Gasteiger partial charge in [-0.15, -0.1) is 0 Å². The Morgan fingerprint density at radius 1 is 1.20 bits per heavy atom. The number of hydrogen-bond donors (Lipinski definition) is 0. The van der Waals surface area contributed by atoms with E-state index in [0.717, 1.165) is 36.1 Å². The summed E-state index contributed by atoms with van der Waals surface area (Å²) in [5, 5.41) is 9.39. The summed E-state index contributed by atoms with van der Waals surface area (Å²) in [6, 6.07) is 9.29. The van der Waals surface area contributed by atoms with Gasteiger partial charge in [-0.3, -0.25) is 0 Å². The lowest BCUT2D eigenvalue weighted by molar-refractivity contribution is -0.119. The summed E-state index contributed by atoms with van der Waals surface area (Å²) >= 11 is 0. The Morgan fingerprint density at radius 3 is 2.20 bits per heavy atom. The SMILES string of the molecule is CN(CC(F)(F)F)c1ccc(C2(C#N)CCCC2)cc1. The summed E-state index contributed by atoms with van der Waals surface area (Å²) < 4.78 is 37.0. The van der Waals surface area contributed by atoms with Gasteiger partial charge in [-0.2, -0.15) is 18.4 Å². The van der Waals surface area contributed by atoms with Crippen LogP contribution in [0.25, 0.3) is 0 Å². The van der Waals surface area contributed by atoms with Crippen molar-refractivity contribution in [2.75, 3.05) is 18.5 Å².